The molecule has 1 saturated heterocycles. The van der Waals surface area contributed by atoms with E-state index in [1.165, 1.54) is 5.56 Å². The van der Waals surface area contributed by atoms with Gasteiger partial charge in [-0.25, -0.2) is 0 Å². The van der Waals surface area contributed by atoms with Crippen LogP contribution >= 0.6 is 11.8 Å². The second kappa shape index (κ2) is 7.82. The standard InChI is InChI=1S/C16H24N2O2S/c1-12-5-3-4-6-13(12)15-11-18(8-9-20-15)16(19)14(17)7-10-21-2/h3-6,14-15H,7-11,17H2,1-2H3/t14-,15?/m0/s1. The molecule has 0 aromatic heterocycles. The van der Waals surface area contributed by atoms with Crippen LogP contribution in [0.4, 0.5) is 0 Å². The first-order valence-electron chi connectivity index (χ1n) is 7.34. The van der Waals surface area contributed by atoms with Gasteiger partial charge in [0.25, 0.3) is 0 Å². The van der Waals surface area contributed by atoms with Gasteiger partial charge in [0, 0.05) is 6.54 Å². The van der Waals surface area contributed by atoms with E-state index >= 15 is 0 Å². The van der Waals surface area contributed by atoms with E-state index in [1.807, 2.05) is 23.3 Å². The molecule has 1 unspecified atom stereocenters. The maximum atomic E-state index is 12.4. The van der Waals surface area contributed by atoms with Crippen LogP contribution < -0.4 is 5.73 Å². The third-order valence-electron chi connectivity index (χ3n) is 3.86. The number of nitrogens with zero attached hydrogens (tertiary/aromatic N) is 1. The molecule has 1 heterocycles. The Balaban J connectivity index is 2.00. The molecule has 0 bridgehead atoms. The third-order valence-corrected chi connectivity index (χ3v) is 4.51. The maximum absolute atomic E-state index is 12.4. The second-order valence-corrected chi connectivity index (χ2v) is 6.37. The number of hydrogen-bond donors (Lipinski definition) is 1. The molecule has 1 fully saturated rings. The smallest absolute Gasteiger partial charge is 0.239 e. The predicted octanol–water partition coefficient (Wildman–Crippen LogP) is 1.98. The van der Waals surface area contributed by atoms with Crippen LogP contribution in [-0.4, -0.2) is 48.6 Å². The number of rotatable bonds is 5. The van der Waals surface area contributed by atoms with Gasteiger partial charge in [0.1, 0.15) is 6.10 Å². The highest BCUT2D eigenvalue weighted by Crippen LogP contribution is 2.25. The molecule has 1 amide bonds. The van der Waals surface area contributed by atoms with Gasteiger partial charge in [-0.05, 0) is 36.5 Å². The van der Waals surface area contributed by atoms with Crippen molar-refractivity contribution in [2.24, 2.45) is 5.73 Å². The minimum Gasteiger partial charge on any atom is -0.370 e. The van der Waals surface area contributed by atoms with Gasteiger partial charge in [-0.2, -0.15) is 11.8 Å². The second-order valence-electron chi connectivity index (χ2n) is 5.39. The highest BCUT2D eigenvalue weighted by atomic mass is 32.2. The summed E-state index contributed by atoms with van der Waals surface area (Å²) in [6, 6.07) is 7.78. The Hall–Kier alpha value is -1.04. The van der Waals surface area contributed by atoms with Gasteiger partial charge in [-0.15, -0.1) is 0 Å². The Labute approximate surface area is 131 Å². The fourth-order valence-electron chi connectivity index (χ4n) is 2.59. The van der Waals surface area contributed by atoms with E-state index in [1.54, 1.807) is 11.8 Å². The summed E-state index contributed by atoms with van der Waals surface area (Å²) < 4.78 is 5.85. The van der Waals surface area contributed by atoms with Crippen LogP contribution in [-0.2, 0) is 9.53 Å². The molecule has 0 aliphatic carbocycles. The van der Waals surface area contributed by atoms with Gasteiger partial charge < -0.3 is 15.4 Å². The molecule has 1 aliphatic heterocycles. The Morgan fingerprint density at radius 2 is 2.29 bits per heavy atom. The maximum Gasteiger partial charge on any atom is 0.239 e. The number of aryl methyl sites for hydroxylation is 1. The van der Waals surface area contributed by atoms with Gasteiger partial charge in [0.2, 0.25) is 5.91 Å². The molecule has 0 radical (unpaired) electrons. The van der Waals surface area contributed by atoms with Crippen molar-refractivity contribution in [1.82, 2.24) is 4.90 Å². The number of morpholine rings is 1. The number of benzene rings is 1. The Kier molecular flexibility index (Phi) is 6.08. The van der Waals surface area contributed by atoms with Crippen LogP contribution in [0.3, 0.4) is 0 Å². The van der Waals surface area contributed by atoms with Gasteiger partial charge in [-0.3, -0.25) is 4.79 Å². The molecule has 2 rings (SSSR count). The normalized spacial score (nSPS) is 20.3. The first kappa shape index (κ1) is 16.3. The Bertz CT molecular complexity index is 481. The summed E-state index contributed by atoms with van der Waals surface area (Å²) in [7, 11) is 0. The molecule has 1 aliphatic rings. The summed E-state index contributed by atoms with van der Waals surface area (Å²) in [6.07, 6.45) is 2.71. The van der Waals surface area contributed by atoms with Crippen molar-refractivity contribution in [2.45, 2.75) is 25.5 Å². The quantitative estimate of drug-likeness (QED) is 0.903. The van der Waals surface area contributed by atoms with Crippen LogP contribution in [0.2, 0.25) is 0 Å². The first-order chi connectivity index (χ1) is 10.1. The molecule has 116 valence electrons. The lowest BCUT2D eigenvalue weighted by atomic mass is 10.0. The van der Waals surface area contributed by atoms with Crippen LogP contribution in [0.5, 0.6) is 0 Å². The fraction of sp³-hybridized carbons (Fsp3) is 0.562. The lowest BCUT2D eigenvalue weighted by molar-refractivity contribution is -0.140. The molecule has 5 heteroatoms. The van der Waals surface area contributed by atoms with Crippen LogP contribution in [0.25, 0.3) is 0 Å². The van der Waals surface area contributed by atoms with Gasteiger partial charge in [0.05, 0.1) is 19.2 Å². The highest BCUT2D eigenvalue weighted by molar-refractivity contribution is 7.98. The third kappa shape index (κ3) is 4.22. The van der Waals surface area contributed by atoms with Crippen molar-refractivity contribution in [3.8, 4) is 0 Å². The number of nitrogens with two attached hydrogens (primary N) is 1. The number of hydrogen-bond acceptors (Lipinski definition) is 4. The van der Waals surface area contributed by atoms with Crippen molar-refractivity contribution in [3.05, 3.63) is 35.4 Å². The van der Waals surface area contributed by atoms with E-state index in [0.29, 0.717) is 19.7 Å². The molecule has 4 nitrogen and oxygen atoms in total. The SMILES string of the molecule is CSCC[C@H](N)C(=O)N1CCOC(c2ccccc2C)C1. The highest BCUT2D eigenvalue weighted by Gasteiger charge is 2.28. The van der Waals surface area contributed by atoms with Crippen molar-refractivity contribution in [1.29, 1.82) is 0 Å². The minimum atomic E-state index is -0.395. The summed E-state index contributed by atoms with van der Waals surface area (Å²) in [5.74, 6) is 0.962. The van der Waals surface area contributed by atoms with E-state index < -0.39 is 6.04 Å². The molecule has 2 atom stereocenters. The average molecular weight is 308 g/mol. The summed E-state index contributed by atoms with van der Waals surface area (Å²) in [6.45, 7) is 3.87. The molecule has 21 heavy (non-hydrogen) atoms. The zero-order valence-electron chi connectivity index (χ0n) is 12.7. The van der Waals surface area contributed by atoms with Crippen molar-refractivity contribution in [3.63, 3.8) is 0 Å². The monoisotopic (exact) mass is 308 g/mol. The first-order valence-corrected chi connectivity index (χ1v) is 8.73. The van der Waals surface area contributed by atoms with Crippen LogP contribution in [0, 0.1) is 6.92 Å². The van der Waals surface area contributed by atoms with E-state index in [9.17, 15) is 4.79 Å². The number of carbonyl (C=O) groups is 1. The van der Waals surface area contributed by atoms with E-state index in [2.05, 4.69) is 19.1 Å². The Morgan fingerprint density at radius 3 is 3.00 bits per heavy atom. The molecular formula is C16H24N2O2S. The van der Waals surface area contributed by atoms with Gasteiger partial charge >= 0.3 is 0 Å². The largest absolute Gasteiger partial charge is 0.370 e. The number of ether oxygens (including phenoxy) is 1. The summed E-state index contributed by atoms with van der Waals surface area (Å²) >= 11 is 1.72. The van der Waals surface area contributed by atoms with Gasteiger partial charge in [0.15, 0.2) is 0 Å². The number of carbonyl (C=O) groups excluding carboxylic acids is 1. The zero-order valence-corrected chi connectivity index (χ0v) is 13.6. The average Bonchev–Trinajstić information content (AvgIpc) is 2.52. The molecule has 1 aromatic rings. The molecule has 1 aromatic carbocycles. The summed E-state index contributed by atoms with van der Waals surface area (Å²) in [5.41, 5.74) is 8.36. The lowest BCUT2D eigenvalue weighted by Crippen LogP contribution is -2.49. The predicted molar refractivity (Wildman–Crippen MR) is 87.4 cm³/mol. The molecule has 2 N–H and O–H groups in total. The van der Waals surface area contributed by atoms with E-state index in [4.69, 9.17) is 10.5 Å². The van der Waals surface area contributed by atoms with Gasteiger partial charge in [-0.1, -0.05) is 24.3 Å². The molecule has 0 saturated carbocycles. The van der Waals surface area contributed by atoms with Crippen molar-refractivity contribution < 1.29 is 9.53 Å². The minimum absolute atomic E-state index is 0.0448. The molecule has 0 spiro atoms. The lowest BCUT2D eigenvalue weighted by Gasteiger charge is -2.35. The number of thioether (sulfide) groups is 1. The van der Waals surface area contributed by atoms with E-state index in [0.717, 1.165) is 17.7 Å². The fourth-order valence-corrected chi connectivity index (χ4v) is 3.08. The van der Waals surface area contributed by atoms with Crippen molar-refractivity contribution >= 4 is 17.7 Å². The summed E-state index contributed by atoms with van der Waals surface area (Å²) in [5, 5.41) is 0. The molecular weight excluding hydrogens is 284 g/mol. The summed E-state index contributed by atoms with van der Waals surface area (Å²) in [4.78, 5) is 14.3. The number of amides is 1. The van der Waals surface area contributed by atoms with Crippen LogP contribution in [0.1, 0.15) is 23.7 Å². The Morgan fingerprint density at radius 1 is 1.52 bits per heavy atom. The van der Waals surface area contributed by atoms with E-state index in [-0.39, 0.29) is 12.0 Å². The topological polar surface area (TPSA) is 55.6 Å². The van der Waals surface area contributed by atoms with Crippen LogP contribution in [0.15, 0.2) is 24.3 Å². The zero-order chi connectivity index (χ0) is 15.2. The van der Waals surface area contributed by atoms with Crippen molar-refractivity contribution in [2.75, 3.05) is 31.7 Å².